The van der Waals surface area contributed by atoms with Crippen LogP contribution in [0.1, 0.15) is 18.1 Å². The number of nitrogens with two attached hydrogens (primary N) is 1. The topological polar surface area (TPSA) is 55.6 Å². The summed E-state index contributed by atoms with van der Waals surface area (Å²) in [6.45, 7) is 4.12. The number of amides is 1. The van der Waals surface area contributed by atoms with Crippen LogP contribution in [-0.4, -0.2) is 37.6 Å². The summed E-state index contributed by atoms with van der Waals surface area (Å²) >= 11 is 0. The van der Waals surface area contributed by atoms with E-state index in [0.29, 0.717) is 25.4 Å². The molecule has 0 saturated heterocycles. The molecule has 1 aromatic rings. The molecule has 1 atom stereocenters. The molecule has 1 aromatic carbocycles. The van der Waals surface area contributed by atoms with E-state index in [1.165, 1.54) is 5.56 Å². The first-order chi connectivity index (χ1) is 9.10. The minimum atomic E-state index is 0.138. The molecule has 1 heterocycles. The molecular weight excluding hydrogens is 240 g/mol. The largest absolute Gasteiger partial charge is 0.493 e. The van der Waals surface area contributed by atoms with Gasteiger partial charge in [-0.25, -0.2) is 0 Å². The molecule has 1 unspecified atom stereocenters. The van der Waals surface area contributed by atoms with Gasteiger partial charge in [-0.3, -0.25) is 4.79 Å². The van der Waals surface area contributed by atoms with Crippen LogP contribution in [-0.2, 0) is 17.6 Å². The van der Waals surface area contributed by atoms with Gasteiger partial charge in [0.1, 0.15) is 5.75 Å². The number of carbonyl (C=O) groups excluding carboxylic acids is 1. The maximum Gasteiger partial charge on any atom is 0.226 e. The third-order valence-corrected chi connectivity index (χ3v) is 3.52. The van der Waals surface area contributed by atoms with Crippen LogP contribution in [0.2, 0.25) is 0 Å². The second-order valence-corrected chi connectivity index (χ2v) is 5.33. The van der Waals surface area contributed by atoms with Gasteiger partial charge in [-0.1, -0.05) is 19.1 Å². The maximum atomic E-state index is 12.1. The molecule has 0 spiro atoms. The molecule has 4 heteroatoms. The lowest BCUT2D eigenvalue weighted by molar-refractivity contribution is -0.129. The van der Waals surface area contributed by atoms with Crippen LogP contribution < -0.4 is 10.5 Å². The normalized spacial score (nSPS) is 14.7. The van der Waals surface area contributed by atoms with E-state index in [9.17, 15) is 4.79 Å². The van der Waals surface area contributed by atoms with E-state index in [1.807, 2.05) is 19.2 Å². The Kier molecular flexibility index (Phi) is 4.43. The van der Waals surface area contributed by atoms with Gasteiger partial charge in [0.25, 0.3) is 0 Å². The van der Waals surface area contributed by atoms with E-state index in [2.05, 4.69) is 13.0 Å². The Hall–Kier alpha value is -1.55. The Bertz CT molecular complexity index is 459. The molecule has 0 bridgehead atoms. The number of likely N-dealkylation sites (N-methyl/N-ethyl adjacent to an activating group) is 1. The predicted octanol–water partition coefficient (Wildman–Crippen LogP) is 1.22. The van der Waals surface area contributed by atoms with Gasteiger partial charge in [-0.15, -0.1) is 0 Å². The van der Waals surface area contributed by atoms with Crippen molar-refractivity contribution in [2.75, 3.05) is 26.7 Å². The summed E-state index contributed by atoms with van der Waals surface area (Å²) in [6.07, 6.45) is 1.39. The van der Waals surface area contributed by atoms with Crippen molar-refractivity contribution in [2.45, 2.75) is 19.8 Å². The summed E-state index contributed by atoms with van der Waals surface area (Å²) in [4.78, 5) is 13.9. The molecule has 2 N–H and O–H groups in total. The number of carbonyl (C=O) groups is 1. The van der Waals surface area contributed by atoms with Crippen LogP contribution >= 0.6 is 0 Å². The first-order valence-electron chi connectivity index (χ1n) is 6.78. The van der Waals surface area contributed by atoms with Gasteiger partial charge >= 0.3 is 0 Å². The van der Waals surface area contributed by atoms with E-state index >= 15 is 0 Å². The van der Waals surface area contributed by atoms with E-state index < -0.39 is 0 Å². The van der Waals surface area contributed by atoms with Gasteiger partial charge in [0.05, 0.1) is 13.0 Å². The lowest BCUT2D eigenvalue weighted by Gasteiger charge is -2.20. The zero-order valence-electron chi connectivity index (χ0n) is 11.7. The Morgan fingerprint density at radius 2 is 2.32 bits per heavy atom. The van der Waals surface area contributed by atoms with Crippen LogP contribution in [0, 0.1) is 5.92 Å². The number of hydrogen-bond donors (Lipinski definition) is 1. The number of nitrogens with zero attached hydrogens (tertiary/aromatic N) is 1. The minimum absolute atomic E-state index is 0.138. The van der Waals surface area contributed by atoms with Crippen molar-refractivity contribution in [1.82, 2.24) is 4.90 Å². The average Bonchev–Trinajstić information content (AvgIpc) is 2.85. The first kappa shape index (κ1) is 13.9. The molecule has 1 aliphatic rings. The molecular formula is C15H22N2O2. The second kappa shape index (κ2) is 6.06. The molecule has 1 aliphatic heterocycles. The Morgan fingerprint density at radius 1 is 1.53 bits per heavy atom. The van der Waals surface area contributed by atoms with Crippen LogP contribution in [0.15, 0.2) is 18.2 Å². The molecule has 0 saturated carbocycles. The summed E-state index contributed by atoms with van der Waals surface area (Å²) in [5.74, 6) is 1.43. The average molecular weight is 262 g/mol. The maximum absolute atomic E-state index is 12.1. The lowest BCUT2D eigenvalue weighted by Crippen LogP contribution is -2.34. The van der Waals surface area contributed by atoms with Crippen molar-refractivity contribution in [3.05, 3.63) is 29.3 Å². The van der Waals surface area contributed by atoms with Gasteiger partial charge in [0.2, 0.25) is 5.91 Å². The molecule has 0 aliphatic carbocycles. The zero-order valence-corrected chi connectivity index (χ0v) is 11.7. The highest BCUT2D eigenvalue weighted by atomic mass is 16.5. The highest BCUT2D eigenvalue weighted by Crippen LogP contribution is 2.26. The Morgan fingerprint density at radius 3 is 3.05 bits per heavy atom. The van der Waals surface area contributed by atoms with E-state index in [4.69, 9.17) is 10.5 Å². The second-order valence-electron chi connectivity index (χ2n) is 5.33. The van der Waals surface area contributed by atoms with Gasteiger partial charge < -0.3 is 15.4 Å². The van der Waals surface area contributed by atoms with E-state index in [-0.39, 0.29) is 5.91 Å². The van der Waals surface area contributed by atoms with Crippen molar-refractivity contribution < 1.29 is 9.53 Å². The standard InChI is InChI=1S/C15H22N2O2/c1-11(9-16)10-17(2)15(18)8-12-3-4-14-13(7-12)5-6-19-14/h3-4,7,11H,5-6,8-10,16H2,1-2H3. The molecule has 0 aromatic heterocycles. The van der Waals surface area contributed by atoms with Crippen molar-refractivity contribution >= 4 is 5.91 Å². The van der Waals surface area contributed by atoms with E-state index in [1.54, 1.807) is 4.90 Å². The monoisotopic (exact) mass is 262 g/mol. The number of ether oxygens (including phenoxy) is 1. The summed E-state index contributed by atoms with van der Waals surface area (Å²) in [5.41, 5.74) is 7.85. The highest BCUT2D eigenvalue weighted by molar-refractivity contribution is 5.78. The first-order valence-corrected chi connectivity index (χ1v) is 6.78. The molecule has 0 radical (unpaired) electrons. The van der Waals surface area contributed by atoms with Crippen molar-refractivity contribution in [1.29, 1.82) is 0 Å². The Balaban J connectivity index is 1.95. The summed E-state index contributed by atoms with van der Waals surface area (Å²) in [5, 5.41) is 0. The summed E-state index contributed by atoms with van der Waals surface area (Å²) in [6, 6.07) is 6.02. The number of hydrogen-bond acceptors (Lipinski definition) is 3. The van der Waals surface area contributed by atoms with Crippen molar-refractivity contribution in [2.24, 2.45) is 11.7 Å². The fourth-order valence-electron chi connectivity index (χ4n) is 2.30. The fraction of sp³-hybridized carbons (Fsp3) is 0.533. The zero-order chi connectivity index (χ0) is 13.8. The third-order valence-electron chi connectivity index (χ3n) is 3.52. The van der Waals surface area contributed by atoms with Gasteiger partial charge in [0, 0.05) is 20.0 Å². The molecule has 19 heavy (non-hydrogen) atoms. The van der Waals surface area contributed by atoms with Gasteiger partial charge in [0.15, 0.2) is 0 Å². The van der Waals surface area contributed by atoms with Gasteiger partial charge in [-0.2, -0.15) is 0 Å². The van der Waals surface area contributed by atoms with Crippen molar-refractivity contribution in [3.8, 4) is 5.75 Å². The Labute approximate surface area is 114 Å². The molecule has 1 amide bonds. The van der Waals surface area contributed by atoms with Crippen LogP contribution in [0.25, 0.3) is 0 Å². The fourth-order valence-corrected chi connectivity index (χ4v) is 2.30. The quantitative estimate of drug-likeness (QED) is 0.868. The van der Waals surface area contributed by atoms with Crippen molar-refractivity contribution in [3.63, 3.8) is 0 Å². The summed E-state index contributed by atoms with van der Waals surface area (Å²) < 4.78 is 5.46. The highest BCUT2D eigenvalue weighted by Gasteiger charge is 2.15. The minimum Gasteiger partial charge on any atom is -0.493 e. The lowest BCUT2D eigenvalue weighted by atomic mass is 10.1. The van der Waals surface area contributed by atoms with Crippen LogP contribution in [0.4, 0.5) is 0 Å². The predicted molar refractivity (Wildman–Crippen MR) is 75.2 cm³/mol. The SMILES string of the molecule is CC(CN)CN(C)C(=O)Cc1ccc2c(c1)CCO2. The summed E-state index contributed by atoms with van der Waals surface area (Å²) in [7, 11) is 1.84. The van der Waals surface area contributed by atoms with Crippen LogP contribution in [0.5, 0.6) is 5.75 Å². The molecule has 2 rings (SSSR count). The molecule has 4 nitrogen and oxygen atoms in total. The third kappa shape index (κ3) is 3.47. The molecule has 0 fully saturated rings. The molecule has 104 valence electrons. The smallest absolute Gasteiger partial charge is 0.226 e. The van der Waals surface area contributed by atoms with E-state index in [0.717, 1.165) is 24.3 Å². The number of fused-ring (bicyclic) bond motifs is 1. The number of benzene rings is 1. The van der Waals surface area contributed by atoms with Crippen LogP contribution in [0.3, 0.4) is 0 Å². The van der Waals surface area contributed by atoms with Gasteiger partial charge in [-0.05, 0) is 29.7 Å². The number of rotatable bonds is 5.